The van der Waals surface area contributed by atoms with Crippen LogP contribution < -0.4 is 5.32 Å². The molecule has 1 aromatic carbocycles. The summed E-state index contributed by atoms with van der Waals surface area (Å²) in [5, 5.41) is 3.27. The van der Waals surface area contributed by atoms with Gasteiger partial charge in [0.05, 0.1) is 6.54 Å². The molecule has 0 radical (unpaired) electrons. The summed E-state index contributed by atoms with van der Waals surface area (Å²) in [4.78, 5) is 13.4. The molecule has 1 N–H and O–H groups in total. The summed E-state index contributed by atoms with van der Waals surface area (Å²) in [5.74, 6) is 0.133. The fourth-order valence-electron chi connectivity index (χ4n) is 1.70. The molecule has 0 aliphatic heterocycles. The quantitative estimate of drug-likeness (QED) is 0.868. The smallest absolute Gasteiger partial charge is 0.236 e. The minimum atomic E-state index is 0.133. The second kappa shape index (κ2) is 6.55. The second-order valence-corrected chi connectivity index (χ2v) is 4.85. The Bertz CT molecular complexity index is 415. The fraction of sp³-hybridized carbons (Fsp3) is 0.533. The molecule has 0 fully saturated rings. The summed E-state index contributed by atoms with van der Waals surface area (Å²) in [6, 6.07) is 6.62. The van der Waals surface area contributed by atoms with E-state index in [-0.39, 0.29) is 11.9 Å². The van der Waals surface area contributed by atoms with Gasteiger partial charge in [0.2, 0.25) is 5.91 Å². The van der Waals surface area contributed by atoms with Crippen molar-refractivity contribution >= 4 is 5.91 Å². The van der Waals surface area contributed by atoms with Crippen molar-refractivity contribution in [3.63, 3.8) is 0 Å². The molecule has 1 unspecified atom stereocenters. The Morgan fingerprint density at radius 3 is 2.56 bits per heavy atom. The predicted octanol–water partition coefficient (Wildman–Crippen LogP) is 2.43. The highest BCUT2D eigenvalue weighted by molar-refractivity contribution is 5.77. The predicted molar refractivity (Wildman–Crippen MR) is 75.6 cm³/mol. The monoisotopic (exact) mass is 248 g/mol. The fourth-order valence-corrected chi connectivity index (χ4v) is 1.70. The second-order valence-electron chi connectivity index (χ2n) is 4.85. The Labute approximate surface area is 110 Å². The standard InChI is InChI=1S/C15H24N2O/c1-6-17(5)15(18)10-16-13(4)14-8-7-11(2)12(3)9-14/h7-9,13,16H,6,10H2,1-5H3. The minimum Gasteiger partial charge on any atom is -0.345 e. The van der Waals surface area contributed by atoms with Crippen molar-refractivity contribution in [3.05, 3.63) is 34.9 Å². The maximum Gasteiger partial charge on any atom is 0.236 e. The lowest BCUT2D eigenvalue weighted by atomic mass is 10.0. The van der Waals surface area contributed by atoms with Crippen LogP contribution in [-0.2, 0) is 4.79 Å². The highest BCUT2D eigenvalue weighted by Gasteiger charge is 2.10. The van der Waals surface area contributed by atoms with Gasteiger partial charge in [0.1, 0.15) is 0 Å². The van der Waals surface area contributed by atoms with Crippen molar-refractivity contribution in [2.45, 2.75) is 33.7 Å². The highest BCUT2D eigenvalue weighted by Crippen LogP contribution is 2.16. The molecule has 1 rings (SSSR count). The molecule has 0 saturated heterocycles. The number of carbonyl (C=O) groups is 1. The number of amides is 1. The number of hydrogen-bond donors (Lipinski definition) is 1. The van der Waals surface area contributed by atoms with Gasteiger partial charge in [-0.3, -0.25) is 4.79 Å². The Kier molecular flexibility index (Phi) is 5.35. The third-order valence-corrected chi connectivity index (χ3v) is 3.49. The Hall–Kier alpha value is -1.35. The summed E-state index contributed by atoms with van der Waals surface area (Å²) in [6.45, 7) is 9.42. The number of aryl methyl sites for hydroxylation is 2. The van der Waals surface area contributed by atoms with E-state index in [1.807, 2.05) is 14.0 Å². The lowest BCUT2D eigenvalue weighted by molar-refractivity contribution is -0.128. The van der Waals surface area contributed by atoms with Gasteiger partial charge >= 0.3 is 0 Å². The lowest BCUT2D eigenvalue weighted by Crippen LogP contribution is -2.36. The SMILES string of the molecule is CCN(C)C(=O)CNC(C)c1ccc(C)c(C)c1. The van der Waals surface area contributed by atoms with Gasteiger partial charge in [-0.1, -0.05) is 18.2 Å². The number of likely N-dealkylation sites (N-methyl/N-ethyl adjacent to an activating group) is 1. The van der Waals surface area contributed by atoms with Crippen LogP contribution in [0.15, 0.2) is 18.2 Å². The average molecular weight is 248 g/mol. The van der Waals surface area contributed by atoms with Crippen molar-refractivity contribution < 1.29 is 4.79 Å². The summed E-state index contributed by atoms with van der Waals surface area (Å²) >= 11 is 0. The molecule has 18 heavy (non-hydrogen) atoms. The summed E-state index contributed by atoms with van der Waals surface area (Å²) in [7, 11) is 1.82. The molecule has 3 heteroatoms. The van der Waals surface area contributed by atoms with Crippen LogP contribution in [0.5, 0.6) is 0 Å². The van der Waals surface area contributed by atoms with Crippen LogP contribution in [0, 0.1) is 13.8 Å². The number of carbonyl (C=O) groups excluding carboxylic acids is 1. The molecule has 0 saturated carbocycles. The molecule has 0 aromatic heterocycles. The first-order chi connectivity index (χ1) is 8.45. The number of nitrogens with one attached hydrogen (secondary N) is 1. The number of nitrogens with zero attached hydrogens (tertiary/aromatic N) is 1. The molecule has 0 spiro atoms. The van der Waals surface area contributed by atoms with E-state index < -0.39 is 0 Å². The lowest BCUT2D eigenvalue weighted by Gasteiger charge is -2.19. The van der Waals surface area contributed by atoms with E-state index >= 15 is 0 Å². The summed E-state index contributed by atoms with van der Waals surface area (Å²) in [5.41, 5.74) is 3.82. The van der Waals surface area contributed by atoms with Crippen molar-refractivity contribution in [1.29, 1.82) is 0 Å². The van der Waals surface area contributed by atoms with Crippen LogP contribution in [0.1, 0.15) is 36.6 Å². The van der Waals surface area contributed by atoms with Gasteiger partial charge in [-0.2, -0.15) is 0 Å². The molecular weight excluding hydrogens is 224 g/mol. The zero-order valence-corrected chi connectivity index (χ0v) is 12.1. The summed E-state index contributed by atoms with van der Waals surface area (Å²) in [6.07, 6.45) is 0. The maximum atomic E-state index is 11.7. The molecule has 0 heterocycles. The van der Waals surface area contributed by atoms with E-state index in [1.165, 1.54) is 16.7 Å². The van der Waals surface area contributed by atoms with Crippen LogP contribution in [0.2, 0.25) is 0 Å². The molecular formula is C15H24N2O. The van der Waals surface area contributed by atoms with Crippen LogP contribution in [0.4, 0.5) is 0 Å². The van der Waals surface area contributed by atoms with Crippen LogP contribution in [0.3, 0.4) is 0 Å². The molecule has 0 aliphatic rings. The van der Waals surface area contributed by atoms with Crippen molar-refractivity contribution in [2.75, 3.05) is 20.1 Å². The van der Waals surface area contributed by atoms with Gasteiger partial charge in [0.15, 0.2) is 0 Å². The topological polar surface area (TPSA) is 32.3 Å². The van der Waals surface area contributed by atoms with Gasteiger partial charge in [0.25, 0.3) is 0 Å². The molecule has 0 aliphatic carbocycles. The van der Waals surface area contributed by atoms with Gasteiger partial charge in [-0.05, 0) is 44.4 Å². The normalized spacial score (nSPS) is 12.3. The zero-order chi connectivity index (χ0) is 13.7. The minimum absolute atomic E-state index is 0.133. The van der Waals surface area contributed by atoms with Gasteiger partial charge in [-0.25, -0.2) is 0 Å². The first kappa shape index (κ1) is 14.7. The largest absolute Gasteiger partial charge is 0.345 e. The Balaban J connectivity index is 2.57. The third kappa shape index (κ3) is 3.84. The summed E-state index contributed by atoms with van der Waals surface area (Å²) < 4.78 is 0. The molecule has 0 bridgehead atoms. The van der Waals surface area contributed by atoms with Crippen molar-refractivity contribution in [1.82, 2.24) is 10.2 Å². The Morgan fingerprint density at radius 2 is 2.00 bits per heavy atom. The van der Waals surface area contributed by atoms with Crippen LogP contribution in [-0.4, -0.2) is 30.9 Å². The van der Waals surface area contributed by atoms with Gasteiger partial charge < -0.3 is 10.2 Å². The maximum absolute atomic E-state index is 11.7. The zero-order valence-electron chi connectivity index (χ0n) is 12.1. The number of benzene rings is 1. The van der Waals surface area contributed by atoms with E-state index in [1.54, 1.807) is 4.90 Å². The third-order valence-electron chi connectivity index (χ3n) is 3.49. The van der Waals surface area contributed by atoms with Gasteiger partial charge in [-0.15, -0.1) is 0 Å². The van der Waals surface area contributed by atoms with E-state index in [4.69, 9.17) is 0 Å². The Morgan fingerprint density at radius 1 is 1.33 bits per heavy atom. The van der Waals surface area contributed by atoms with Crippen LogP contribution >= 0.6 is 0 Å². The first-order valence-corrected chi connectivity index (χ1v) is 6.50. The molecule has 100 valence electrons. The molecule has 3 nitrogen and oxygen atoms in total. The van der Waals surface area contributed by atoms with E-state index in [0.29, 0.717) is 6.54 Å². The first-order valence-electron chi connectivity index (χ1n) is 6.50. The van der Waals surface area contributed by atoms with Crippen molar-refractivity contribution in [2.24, 2.45) is 0 Å². The molecule has 1 atom stereocenters. The van der Waals surface area contributed by atoms with Crippen molar-refractivity contribution in [3.8, 4) is 0 Å². The van der Waals surface area contributed by atoms with E-state index in [2.05, 4.69) is 44.3 Å². The van der Waals surface area contributed by atoms with Crippen LogP contribution in [0.25, 0.3) is 0 Å². The van der Waals surface area contributed by atoms with E-state index in [0.717, 1.165) is 6.54 Å². The van der Waals surface area contributed by atoms with E-state index in [9.17, 15) is 4.79 Å². The number of rotatable bonds is 5. The highest BCUT2D eigenvalue weighted by atomic mass is 16.2. The average Bonchev–Trinajstić information content (AvgIpc) is 2.37. The number of hydrogen-bond acceptors (Lipinski definition) is 2. The molecule has 1 aromatic rings. The van der Waals surface area contributed by atoms with Gasteiger partial charge in [0, 0.05) is 19.6 Å². The molecule has 1 amide bonds.